The van der Waals surface area contributed by atoms with E-state index in [1.165, 1.54) is 5.57 Å². The van der Waals surface area contributed by atoms with Gasteiger partial charge >= 0.3 is 0 Å². The zero-order valence-corrected chi connectivity index (χ0v) is 7.48. The van der Waals surface area contributed by atoms with Gasteiger partial charge in [0.1, 0.15) is 0 Å². The summed E-state index contributed by atoms with van der Waals surface area (Å²) < 4.78 is 0. The van der Waals surface area contributed by atoms with Crippen molar-refractivity contribution in [3.63, 3.8) is 0 Å². The minimum atomic E-state index is 0.877. The second-order valence-electron chi connectivity index (χ2n) is 2.73. The summed E-state index contributed by atoms with van der Waals surface area (Å²) in [5, 5.41) is 0. The Hall–Kier alpha value is -1.04. The van der Waals surface area contributed by atoms with Crippen molar-refractivity contribution in [1.29, 1.82) is 0 Å². The molecule has 0 heteroatoms. The summed E-state index contributed by atoms with van der Waals surface area (Å²) in [7, 11) is 0. The Kier molecular flexibility index (Phi) is 4.28. The molecule has 0 saturated carbocycles. The lowest BCUT2D eigenvalue weighted by molar-refractivity contribution is 1.23. The van der Waals surface area contributed by atoms with Gasteiger partial charge in [-0.15, -0.1) is 0 Å². The molecule has 0 heterocycles. The van der Waals surface area contributed by atoms with Crippen molar-refractivity contribution in [2.45, 2.75) is 20.3 Å². The molecule has 0 saturated heterocycles. The summed E-state index contributed by atoms with van der Waals surface area (Å²) in [5.74, 6) is 0. The van der Waals surface area contributed by atoms with Crippen LogP contribution in [0.15, 0.2) is 48.6 Å². The van der Waals surface area contributed by atoms with Gasteiger partial charge in [0.05, 0.1) is 0 Å². The van der Waals surface area contributed by atoms with Crippen molar-refractivity contribution in [2.24, 2.45) is 0 Å². The van der Waals surface area contributed by atoms with Crippen LogP contribution < -0.4 is 0 Å². The molecule has 0 aromatic rings. The Morgan fingerprint density at radius 3 is 2.18 bits per heavy atom. The van der Waals surface area contributed by atoms with Crippen LogP contribution in [0, 0.1) is 0 Å². The lowest BCUT2D eigenvalue weighted by Gasteiger charge is -1.98. The van der Waals surface area contributed by atoms with Crippen LogP contribution in [0.4, 0.5) is 0 Å². The van der Waals surface area contributed by atoms with Crippen molar-refractivity contribution in [3.8, 4) is 0 Å². The summed E-state index contributed by atoms with van der Waals surface area (Å²) >= 11 is 0. The van der Waals surface area contributed by atoms with Gasteiger partial charge in [-0.1, -0.05) is 48.6 Å². The average molecular weight is 148 g/mol. The molecule has 11 heavy (non-hydrogen) atoms. The van der Waals surface area contributed by atoms with Crippen LogP contribution in [0.5, 0.6) is 0 Å². The number of rotatable bonds is 4. The van der Waals surface area contributed by atoms with E-state index in [1.54, 1.807) is 6.08 Å². The van der Waals surface area contributed by atoms with Gasteiger partial charge < -0.3 is 0 Å². The molecule has 0 spiro atoms. The fraction of sp³-hybridized carbons (Fsp3) is 0.273. The largest absolute Gasteiger partial charge is 0.0988 e. The Labute approximate surface area is 69.6 Å². The minimum absolute atomic E-state index is 0.877. The summed E-state index contributed by atoms with van der Waals surface area (Å²) in [6.45, 7) is 15.3. The van der Waals surface area contributed by atoms with E-state index in [0.29, 0.717) is 0 Å². The highest BCUT2D eigenvalue weighted by atomic mass is 13.9. The van der Waals surface area contributed by atoms with Crippen LogP contribution in [0.2, 0.25) is 0 Å². The third kappa shape index (κ3) is 4.38. The van der Waals surface area contributed by atoms with E-state index in [9.17, 15) is 0 Å². The first-order chi connectivity index (χ1) is 5.07. The quantitative estimate of drug-likeness (QED) is 0.534. The van der Waals surface area contributed by atoms with Gasteiger partial charge in [-0.05, 0) is 20.3 Å². The topological polar surface area (TPSA) is 0 Å². The van der Waals surface area contributed by atoms with Crippen molar-refractivity contribution < 1.29 is 0 Å². The Morgan fingerprint density at radius 1 is 1.27 bits per heavy atom. The molecule has 0 atom stereocenters. The fourth-order valence-electron chi connectivity index (χ4n) is 0.542. The number of hydrogen-bond acceptors (Lipinski definition) is 0. The normalized spacial score (nSPS) is 10.9. The van der Waals surface area contributed by atoms with Crippen molar-refractivity contribution in [2.75, 3.05) is 0 Å². The second kappa shape index (κ2) is 4.73. The van der Waals surface area contributed by atoms with E-state index in [1.807, 2.05) is 6.92 Å². The van der Waals surface area contributed by atoms with Crippen molar-refractivity contribution in [1.82, 2.24) is 0 Å². The number of hydrogen-bond donors (Lipinski definition) is 0. The fourth-order valence-corrected chi connectivity index (χ4v) is 0.542. The SMILES string of the molecule is C=CC(=C)CC=C(C)C(=C)C. The predicted molar refractivity (Wildman–Crippen MR) is 52.5 cm³/mol. The van der Waals surface area contributed by atoms with Crippen LogP contribution in [-0.2, 0) is 0 Å². The molecule has 0 fully saturated rings. The highest BCUT2D eigenvalue weighted by Gasteiger charge is 1.88. The van der Waals surface area contributed by atoms with Gasteiger partial charge in [0, 0.05) is 0 Å². The van der Waals surface area contributed by atoms with Crippen LogP contribution in [0.1, 0.15) is 20.3 Å². The first-order valence-corrected chi connectivity index (χ1v) is 3.70. The van der Waals surface area contributed by atoms with Crippen LogP contribution >= 0.6 is 0 Å². The Morgan fingerprint density at radius 2 is 1.82 bits per heavy atom. The minimum Gasteiger partial charge on any atom is -0.0988 e. The van der Waals surface area contributed by atoms with E-state index in [4.69, 9.17) is 0 Å². The van der Waals surface area contributed by atoms with E-state index < -0.39 is 0 Å². The first kappa shape index (κ1) is 9.96. The summed E-state index contributed by atoms with van der Waals surface area (Å²) in [6, 6.07) is 0. The monoisotopic (exact) mass is 148 g/mol. The lowest BCUT2D eigenvalue weighted by Crippen LogP contribution is -1.78. The molecule has 0 aromatic heterocycles. The second-order valence-corrected chi connectivity index (χ2v) is 2.73. The van der Waals surface area contributed by atoms with E-state index in [0.717, 1.165) is 17.6 Å². The van der Waals surface area contributed by atoms with Crippen LogP contribution in [0.3, 0.4) is 0 Å². The third-order valence-electron chi connectivity index (χ3n) is 1.63. The van der Waals surface area contributed by atoms with E-state index in [2.05, 4.69) is 32.7 Å². The van der Waals surface area contributed by atoms with Gasteiger partial charge in [0.2, 0.25) is 0 Å². The molecule has 0 bridgehead atoms. The van der Waals surface area contributed by atoms with Gasteiger partial charge in [-0.3, -0.25) is 0 Å². The Balaban J connectivity index is 4.02. The van der Waals surface area contributed by atoms with Gasteiger partial charge in [-0.2, -0.15) is 0 Å². The molecule has 0 rings (SSSR count). The van der Waals surface area contributed by atoms with Crippen LogP contribution in [-0.4, -0.2) is 0 Å². The predicted octanol–water partition coefficient (Wildman–Crippen LogP) is 3.64. The summed E-state index contributed by atoms with van der Waals surface area (Å²) in [6.07, 6.45) is 4.77. The van der Waals surface area contributed by atoms with Crippen LogP contribution in [0.25, 0.3) is 0 Å². The summed E-state index contributed by atoms with van der Waals surface area (Å²) in [4.78, 5) is 0. The van der Waals surface area contributed by atoms with E-state index in [-0.39, 0.29) is 0 Å². The molecule has 0 N–H and O–H groups in total. The first-order valence-electron chi connectivity index (χ1n) is 3.70. The molecular weight excluding hydrogens is 132 g/mol. The standard InChI is InChI=1S/C11H16/c1-6-10(4)7-8-11(5)9(2)3/h6,8H,1-2,4,7H2,3,5H3. The van der Waals surface area contributed by atoms with Gasteiger partial charge in [-0.25, -0.2) is 0 Å². The maximum Gasteiger partial charge on any atom is -0.00977 e. The van der Waals surface area contributed by atoms with Crippen molar-refractivity contribution in [3.05, 3.63) is 48.6 Å². The molecule has 0 aliphatic rings. The molecular formula is C11H16. The highest BCUT2D eigenvalue weighted by Crippen LogP contribution is 2.09. The summed E-state index contributed by atoms with van der Waals surface area (Å²) in [5.41, 5.74) is 3.39. The smallest absolute Gasteiger partial charge is 0.00977 e. The zero-order chi connectivity index (χ0) is 8.85. The molecule has 60 valence electrons. The van der Waals surface area contributed by atoms with Gasteiger partial charge in [0.25, 0.3) is 0 Å². The molecule has 0 aliphatic carbocycles. The molecule has 0 aromatic carbocycles. The average Bonchev–Trinajstić information content (AvgIpc) is 1.99. The molecule has 0 nitrogen and oxygen atoms in total. The maximum absolute atomic E-state index is 3.84. The molecule has 0 amide bonds. The Bertz CT molecular complexity index is 204. The number of allylic oxidation sites excluding steroid dienone is 5. The highest BCUT2D eigenvalue weighted by molar-refractivity contribution is 5.26. The molecule has 0 aliphatic heterocycles. The molecule has 0 radical (unpaired) electrons. The third-order valence-corrected chi connectivity index (χ3v) is 1.63. The molecule has 0 unspecified atom stereocenters. The zero-order valence-electron chi connectivity index (χ0n) is 7.48. The van der Waals surface area contributed by atoms with Crippen molar-refractivity contribution >= 4 is 0 Å². The van der Waals surface area contributed by atoms with E-state index >= 15 is 0 Å². The lowest BCUT2D eigenvalue weighted by atomic mass is 10.1. The van der Waals surface area contributed by atoms with Gasteiger partial charge in [0.15, 0.2) is 0 Å². The maximum atomic E-state index is 3.84.